The first kappa shape index (κ1) is 19.1. The van der Waals surface area contributed by atoms with E-state index < -0.39 is 11.7 Å². The predicted molar refractivity (Wildman–Crippen MR) is 104 cm³/mol. The molecule has 5 nitrogen and oxygen atoms in total. The molecule has 1 N–H and O–H groups in total. The number of fused-ring (bicyclic) bond motifs is 1. The van der Waals surface area contributed by atoms with Crippen LogP contribution in [0.2, 0.25) is 0 Å². The Morgan fingerprint density at radius 1 is 1.14 bits per heavy atom. The molecule has 0 aliphatic carbocycles. The number of hydrogen-bond acceptors (Lipinski definition) is 4. The number of hydrogen-bond donors (Lipinski definition) is 1. The Morgan fingerprint density at radius 3 is 2.52 bits per heavy atom. The minimum Gasteiger partial charge on any atom is -0.323 e. The van der Waals surface area contributed by atoms with Crippen LogP contribution in [0.3, 0.4) is 0 Å². The van der Waals surface area contributed by atoms with E-state index in [1.807, 2.05) is 0 Å². The van der Waals surface area contributed by atoms with E-state index in [1.165, 1.54) is 17.0 Å². The smallest absolute Gasteiger partial charge is 0.323 e. The molecule has 0 saturated heterocycles. The van der Waals surface area contributed by atoms with Crippen molar-refractivity contribution in [3.8, 4) is 10.6 Å². The summed E-state index contributed by atoms with van der Waals surface area (Å²) in [6.45, 7) is 1.54. The van der Waals surface area contributed by atoms with Crippen molar-refractivity contribution in [1.82, 2.24) is 4.98 Å². The molecular formula is C20H14F3N3O2S. The third-order valence-electron chi connectivity index (χ3n) is 4.47. The normalized spacial score (nSPS) is 13.8. The first-order valence-corrected chi connectivity index (χ1v) is 9.41. The Kier molecular flexibility index (Phi) is 4.62. The Balaban J connectivity index is 1.67. The van der Waals surface area contributed by atoms with Crippen molar-refractivity contribution >= 4 is 34.5 Å². The van der Waals surface area contributed by atoms with Gasteiger partial charge in [-0.1, -0.05) is 24.3 Å². The summed E-state index contributed by atoms with van der Waals surface area (Å²) >= 11 is 1.09. The van der Waals surface area contributed by atoms with Gasteiger partial charge in [-0.2, -0.15) is 13.2 Å². The van der Waals surface area contributed by atoms with Gasteiger partial charge in [0, 0.05) is 5.56 Å². The van der Waals surface area contributed by atoms with Crippen molar-refractivity contribution in [2.24, 2.45) is 0 Å². The maximum atomic E-state index is 13.1. The summed E-state index contributed by atoms with van der Waals surface area (Å²) in [6, 6.07) is 11.6. The summed E-state index contributed by atoms with van der Waals surface area (Å²) in [5.74, 6) is -0.678. The van der Waals surface area contributed by atoms with Gasteiger partial charge in [-0.3, -0.25) is 14.5 Å². The van der Waals surface area contributed by atoms with Crippen LogP contribution < -0.4 is 10.2 Å². The zero-order chi connectivity index (χ0) is 20.8. The predicted octanol–water partition coefficient (Wildman–Crippen LogP) is 4.74. The number of carbonyl (C=O) groups excluding carboxylic acids is 2. The van der Waals surface area contributed by atoms with Crippen LogP contribution >= 0.6 is 11.3 Å². The van der Waals surface area contributed by atoms with Gasteiger partial charge in [0.05, 0.1) is 22.6 Å². The Morgan fingerprint density at radius 2 is 1.83 bits per heavy atom. The van der Waals surface area contributed by atoms with E-state index in [1.54, 1.807) is 31.2 Å². The van der Waals surface area contributed by atoms with Crippen molar-refractivity contribution in [3.63, 3.8) is 0 Å². The zero-order valence-electron chi connectivity index (χ0n) is 15.1. The third-order valence-corrected chi connectivity index (χ3v) is 5.66. The number of aryl methyl sites for hydroxylation is 1. The molecule has 1 aliphatic heterocycles. The first-order chi connectivity index (χ1) is 13.7. The largest absolute Gasteiger partial charge is 0.416 e. The molecule has 0 spiro atoms. The van der Waals surface area contributed by atoms with Crippen LogP contribution in [0, 0.1) is 6.92 Å². The molecule has 3 aromatic rings. The fourth-order valence-corrected chi connectivity index (χ4v) is 4.08. The van der Waals surface area contributed by atoms with Gasteiger partial charge in [-0.05, 0) is 31.2 Å². The number of thiazole rings is 1. The van der Waals surface area contributed by atoms with Crippen molar-refractivity contribution in [2.75, 3.05) is 16.8 Å². The molecule has 4 rings (SSSR count). The van der Waals surface area contributed by atoms with Crippen LogP contribution in [-0.2, 0) is 11.0 Å². The van der Waals surface area contributed by atoms with Crippen LogP contribution in [0.5, 0.6) is 0 Å². The topological polar surface area (TPSA) is 62.3 Å². The van der Waals surface area contributed by atoms with E-state index in [4.69, 9.17) is 0 Å². The number of aromatic nitrogens is 1. The number of amides is 2. The molecule has 2 aromatic carbocycles. The van der Waals surface area contributed by atoms with Crippen molar-refractivity contribution in [2.45, 2.75) is 13.1 Å². The van der Waals surface area contributed by atoms with Crippen LogP contribution in [0.4, 0.5) is 24.5 Å². The summed E-state index contributed by atoms with van der Waals surface area (Å²) in [5, 5.41) is 3.16. The lowest BCUT2D eigenvalue weighted by atomic mass is 10.1. The highest BCUT2D eigenvalue weighted by atomic mass is 32.1. The van der Waals surface area contributed by atoms with Gasteiger partial charge in [-0.25, -0.2) is 4.98 Å². The number of anilines is 2. The number of halogens is 3. The molecule has 148 valence electrons. The first-order valence-electron chi connectivity index (χ1n) is 8.60. The van der Waals surface area contributed by atoms with Gasteiger partial charge in [0.1, 0.15) is 16.4 Å². The molecule has 2 amide bonds. The lowest BCUT2D eigenvalue weighted by molar-refractivity contribution is -0.137. The van der Waals surface area contributed by atoms with E-state index in [-0.39, 0.29) is 18.4 Å². The third kappa shape index (κ3) is 3.61. The second-order valence-corrected chi connectivity index (χ2v) is 7.46. The fourth-order valence-electron chi connectivity index (χ4n) is 3.06. The number of benzene rings is 2. The van der Waals surface area contributed by atoms with Gasteiger partial charge in [0.2, 0.25) is 5.91 Å². The van der Waals surface area contributed by atoms with Gasteiger partial charge in [0.25, 0.3) is 5.91 Å². The van der Waals surface area contributed by atoms with Gasteiger partial charge < -0.3 is 5.32 Å². The van der Waals surface area contributed by atoms with Crippen LogP contribution in [0.25, 0.3) is 10.6 Å². The summed E-state index contributed by atoms with van der Waals surface area (Å²) in [4.78, 5) is 31.2. The fraction of sp³-hybridized carbons (Fsp3) is 0.150. The lowest BCUT2D eigenvalue weighted by Gasteiger charge is -2.28. The maximum Gasteiger partial charge on any atom is 0.416 e. The summed E-state index contributed by atoms with van der Waals surface area (Å²) < 4.78 is 38.3. The summed E-state index contributed by atoms with van der Waals surface area (Å²) in [6.07, 6.45) is -4.42. The highest BCUT2D eigenvalue weighted by Crippen LogP contribution is 2.35. The van der Waals surface area contributed by atoms with Crippen LogP contribution in [-0.4, -0.2) is 23.3 Å². The molecule has 0 saturated carbocycles. The van der Waals surface area contributed by atoms with Crippen LogP contribution in [0.15, 0.2) is 48.5 Å². The number of alkyl halides is 3. The average molecular weight is 417 g/mol. The highest BCUT2D eigenvalue weighted by Gasteiger charge is 2.31. The molecule has 2 heterocycles. The molecule has 1 aromatic heterocycles. The van der Waals surface area contributed by atoms with Crippen molar-refractivity contribution < 1.29 is 22.8 Å². The Bertz CT molecular complexity index is 1110. The summed E-state index contributed by atoms with van der Waals surface area (Å²) in [5.41, 5.74) is 1.32. The molecular weight excluding hydrogens is 403 g/mol. The highest BCUT2D eigenvalue weighted by molar-refractivity contribution is 7.17. The summed E-state index contributed by atoms with van der Waals surface area (Å²) in [7, 11) is 0. The number of nitrogens with zero attached hydrogens (tertiary/aromatic N) is 2. The standard InChI is InChI=1S/C20H14F3N3O2S/c1-11-17(19(28)26-10-16(27)25-14-4-2-3-5-15(14)26)29-18(24-11)12-6-8-13(9-7-12)20(21,22)23/h2-9H,10H2,1H3,(H,25,27). The molecule has 9 heteroatoms. The van der Waals surface area contributed by atoms with E-state index in [0.717, 1.165) is 23.5 Å². The SMILES string of the molecule is Cc1nc(-c2ccc(C(F)(F)F)cc2)sc1C(=O)N1CC(=O)Nc2ccccc21. The molecule has 29 heavy (non-hydrogen) atoms. The zero-order valence-corrected chi connectivity index (χ0v) is 15.9. The minimum atomic E-state index is -4.42. The molecule has 0 bridgehead atoms. The van der Waals surface area contributed by atoms with E-state index in [9.17, 15) is 22.8 Å². The number of nitrogens with one attached hydrogen (secondary N) is 1. The molecule has 0 atom stereocenters. The molecule has 0 radical (unpaired) electrons. The number of carbonyl (C=O) groups is 2. The van der Waals surface area contributed by atoms with Gasteiger partial charge in [0.15, 0.2) is 0 Å². The Hall–Kier alpha value is -3.20. The van der Waals surface area contributed by atoms with Crippen LogP contribution in [0.1, 0.15) is 20.9 Å². The van der Waals surface area contributed by atoms with E-state index >= 15 is 0 Å². The molecule has 0 fully saturated rings. The average Bonchev–Trinajstić information content (AvgIpc) is 3.08. The second-order valence-electron chi connectivity index (χ2n) is 6.47. The number of para-hydroxylation sites is 2. The Labute approximate surface area is 167 Å². The van der Waals surface area contributed by atoms with E-state index in [2.05, 4.69) is 10.3 Å². The van der Waals surface area contributed by atoms with Gasteiger partial charge >= 0.3 is 6.18 Å². The minimum absolute atomic E-state index is 0.122. The van der Waals surface area contributed by atoms with E-state index in [0.29, 0.717) is 32.5 Å². The quantitative estimate of drug-likeness (QED) is 0.655. The van der Waals surface area contributed by atoms with Crippen molar-refractivity contribution in [3.05, 3.63) is 64.7 Å². The van der Waals surface area contributed by atoms with Crippen molar-refractivity contribution in [1.29, 1.82) is 0 Å². The number of rotatable bonds is 2. The second kappa shape index (κ2) is 7.00. The monoisotopic (exact) mass is 417 g/mol. The maximum absolute atomic E-state index is 13.1. The molecule has 0 unspecified atom stereocenters. The molecule has 1 aliphatic rings. The lowest BCUT2D eigenvalue weighted by Crippen LogP contribution is -2.42. The van der Waals surface area contributed by atoms with Gasteiger partial charge in [-0.15, -0.1) is 11.3 Å².